The summed E-state index contributed by atoms with van der Waals surface area (Å²) >= 11 is 13.2. The lowest BCUT2D eigenvalue weighted by atomic mass is 10.0. The van der Waals surface area contributed by atoms with Gasteiger partial charge in [0.15, 0.2) is 0 Å². The van der Waals surface area contributed by atoms with Gasteiger partial charge < -0.3 is 9.15 Å². The standard InChI is InChI=1S/C22H22Cl2N4O3S/c1-14-11-17(30-2)10-9-15(14)5-4-8-20-27-28-22(31-20)32-13-19(29)26-25-12-16-6-3-7-18(23)21(16)24/h3,6-7,9-12H,4-5,8,13H2,1-2H3,(H,26,29). The summed E-state index contributed by atoms with van der Waals surface area (Å²) in [5, 5.41) is 13.1. The number of rotatable bonds is 10. The van der Waals surface area contributed by atoms with E-state index in [1.54, 1.807) is 25.3 Å². The lowest BCUT2D eigenvalue weighted by Gasteiger charge is -2.07. The molecule has 1 N–H and O–H groups in total. The number of halogens is 2. The van der Waals surface area contributed by atoms with Crippen LogP contribution in [-0.4, -0.2) is 35.2 Å². The van der Waals surface area contributed by atoms with Crippen LogP contribution in [0.2, 0.25) is 10.0 Å². The molecule has 0 aliphatic rings. The summed E-state index contributed by atoms with van der Waals surface area (Å²) in [5.41, 5.74) is 5.49. The van der Waals surface area contributed by atoms with Crippen molar-refractivity contribution >= 4 is 47.1 Å². The molecule has 168 valence electrons. The SMILES string of the molecule is COc1ccc(CCCc2nnc(SCC(=O)NN=Cc3cccc(Cl)c3Cl)o2)c(C)c1. The number of carbonyl (C=O) groups is 1. The maximum Gasteiger partial charge on any atom is 0.277 e. The number of amides is 1. The minimum Gasteiger partial charge on any atom is -0.497 e. The van der Waals surface area contributed by atoms with E-state index >= 15 is 0 Å². The van der Waals surface area contributed by atoms with Crippen molar-refractivity contribution in [3.63, 3.8) is 0 Å². The molecule has 0 spiro atoms. The fourth-order valence-corrected chi connectivity index (χ4v) is 3.79. The second-order valence-corrected chi connectivity index (χ2v) is 8.54. The topological polar surface area (TPSA) is 89.6 Å². The fourth-order valence-electron chi connectivity index (χ4n) is 2.86. The van der Waals surface area contributed by atoms with Crippen molar-refractivity contribution in [3.05, 3.63) is 69.0 Å². The van der Waals surface area contributed by atoms with Crippen LogP contribution in [0.15, 0.2) is 51.1 Å². The van der Waals surface area contributed by atoms with Crippen LogP contribution in [0.3, 0.4) is 0 Å². The number of hydrogen-bond donors (Lipinski definition) is 1. The van der Waals surface area contributed by atoms with Gasteiger partial charge in [0.05, 0.1) is 29.1 Å². The normalized spacial score (nSPS) is 11.1. The molecule has 0 saturated carbocycles. The highest BCUT2D eigenvalue weighted by molar-refractivity contribution is 7.99. The maximum atomic E-state index is 12.0. The minimum absolute atomic E-state index is 0.0906. The first-order chi connectivity index (χ1) is 15.5. The predicted molar refractivity (Wildman–Crippen MR) is 127 cm³/mol. The molecule has 2 aromatic carbocycles. The largest absolute Gasteiger partial charge is 0.497 e. The van der Waals surface area contributed by atoms with Gasteiger partial charge in [0.1, 0.15) is 5.75 Å². The summed E-state index contributed by atoms with van der Waals surface area (Å²) in [5.74, 6) is 1.19. The molecule has 3 rings (SSSR count). The van der Waals surface area contributed by atoms with E-state index in [9.17, 15) is 4.79 Å². The molecule has 0 bridgehead atoms. The zero-order chi connectivity index (χ0) is 22.9. The molecule has 0 unspecified atom stereocenters. The maximum absolute atomic E-state index is 12.0. The van der Waals surface area contributed by atoms with Crippen LogP contribution in [0.25, 0.3) is 0 Å². The van der Waals surface area contributed by atoms with Gasteiger partial charge in [0, 0.05) is 12.0 Å². The van der Waals surface area contributed by atoms with Crippen molar-refractivity contribution in [1.82, 2.24) is 15.6 Å². The van der Waals surface area contributed by atoms with E-state index in [2.05, 4.69) is 33.7 Å². The van der Waals surface area contributed by atoms with Gasteiger partial charge in [-0.3, -0.25) is 4.79 Å². The predicted octanol–water partition coefficient (Wildman–Crippen LogP) is 5.11. The van der Waals surface area contributed by atoms with E-state index in [0.717, 1.165) is 30.4 Å². The molecular formula is C22H22Cl2N4O3S. The van der Waals surface area contributed by atoms with E-state index in [0.29, 0.717) is 33.1 Å². The smallest absolute Gasteiger partial charge is 0.277 e. The number of aryl methyl sites for hydroxylation is 3. The van der Waals surface area contributed by atoms with Crippen LogP contribution in [0.1, 0.15) is 29.0 Å². The Morgan fingerprint density at radius 1 is 1.25 bits per heavy atom. The highest BCUT2D eigenvalue weighted by Gasteiger charge is 2.10. The van der Waals surface area contributed by atoms with Gasteiger partial charge in [0.25, 0.3) is 11.1 Å². The summed E-state index contributed by atoms with van der Waals surface area (Å²) in [6.07, 6.45) is 3.88. The lowest BCUT2D eigenvalue weighted by molar-refractivity contribution is -0.118. The van der Waals surface area contributed by atoms with Crippen LogP contribution in [0, 0.1) is 6.92 Å². The summed E-state index contributed by atoms with van der Waals surface area (Å²) in [6, 6.07) is 11.2. The van der Waals surface area contributed by atoms with Crippen LogP contribution in [0.4, 0.5) is 0 Å². The van der Waals surface area contributed by atoms with Crippen molar-refractivity contribution < 1.29 is 13.9 Å². The summed E-state index contributed by atoms with van der Waals surface area (Å²) in [4.78, 5) is 12.0. The van der Waals surface area contributed by atoms with Gasteiger partial charge in [-0.2, -0.15) is 5.10 Å². The molecule has 0 saturated heterocycles. The Bertz CT molecular complexity index is 1100. The number of aromatic nitrogens is 2. The molecule has 0 atom stereocenters. The molecular weight excluding hydrogens is 471 g/mol. The van der Waals surface area contributed by atoms with E-state index in [4.69, 9.17) is 32.4 Å². The third kappa shape index (κ3) is 6.98. The fraction of sp³-hybridized carbons (Fsp3) is 0.273. The number of hydrogen-bond acceptors (Lipinski definition) is 7. The van der Waals surface area contributed by atoms with Crippen LogP contribution < -0.4 is 10.2 Å². The number of ether oxygens (including phenoxy) is 1. The van der Waals surface area contributed by atoms with Gasteiger partial charge in [-0.1, -0.05) is 53.2 Å². The first kappa shape index (κ1) is 24.1. The van der Waals surface area contributed by atoms with E-state index < -0.39 is 0 Å². The van der Waals surface area contributed by atoms with Crippen LogP contribution in [0.5, 0.6) is 5.75 Å². The van der Waals surface area contributed by atoms with Crippen LogP contribution >= 0.6 is 35.0 Å². The Morgan fingerprint density at radius 2 is 2.09 bits per heavy atom. The summed E-state index contributed by atoms with van der Waals surface area (Å²) in [7, 11) is 1.66. The van der Waals surface area contributed by atoms with Gasteiger partial charge >= 0.3 is 0 Å². The van der Waals surface area contributed by atoms with Crippen molar-refractivity contribution in [1.29, 1.82) is 0 Å². The Hall–Kier alpha value is -2.55. The van der Waals surface area contributed by atoms with Gasteiger partial charge in [-0.15, -0.1) is 10.2 Å². The number of methoxy groups -OCH3 is 1. The van der Waals surface area contributed by atoms with E-state index in [-0.39, 0.29) is 11.7 Å². The van der Waals surface area contributed by atoms with Gasteiger partial charge in [-0.05, 0) is 49.1 Å². The first-order valence-electron chi connectivity index (χ1n) is 9.81. The van der Waals surface area contributed by atoms with E-state index in [1.165, 1.54) is 17.3 Å². The number of benzene rings is 2. The average molecular weight is 493 g/mol. The molecule has 0 radical (unpaired) electrons. The molecule has 1 amide bonds. The molecule has 0 aliphatic heterocycles. The number of carbonyl (C=O) groups excluding carboxylic acids is 1. The Morgan fingerprint density at radius 3 is 2.88 bits per heavy atom. The van der Waals surface area contributed by atoms with Crippen molar-refractivity contribution in [2.75, 3.05) is 12.9 Å². The minimum atomic E-state index is -0.306. The zero-order valence-electron chi connectivity index (χ0n) is 17.6. The molecule has 1 aromatic heterocycles. The summed E-state index contributed by atoms with van der Waals surface area (Å²) in [6.45, 7) is 2.07. The van der Waals surface area contributed by atoms with Crippen molar-refractivity contribution in [2.45, 2.75) is 31.4 Å². The average Bonchev–Trinajstić information content (AvgIpc) is 3.24. The third-order valence-corrected chi connectivity index (χ3v) is 6.19. The Balaban J connectivity index is 1.40. The number of nitrogens with one attached hydrogen (secondary N) is 1. The monoisotopic (exact) mass is 492 g/mol. The Kier molecular flexibility index (Phi) is 8.96. The molecule has 1 heterocycles. The molecule has 0 fully saturated rings. The molecule has 32 heavy (non-hydrogen) atoms. The van der Waals surface area contributed by atoms with Crippen molar-refractivity contribution in [2.24, 2.45) is 5.10 Å². The second kappa shape index (κ2) is 11.9. The molecule has 3 aromatic rings. The Labute approximate surface area is 200 Å². The number of hydrazone groups is 1. The highest BCUT2D eigenvalue weighted by atomic mass is 35.5. The quantitative estimate of drug-likeness (QED) is 0.240. The van der Waals surface area contributed by atoms with E-state index in [1.807, 2.05) is 12.1 Å². The van der Waals surface area contributed by atoms with Gasteiger partial charge in [-0.25, -0.2) is 5.43 Å². The van der Waals surface area contributed by atoms with Gasteiger partial charge in [0.2, 0.25) is 5.89 Å². The first-order valence-corrected chi connectivity index (χ1v) is 11.5. The molecule has 0 aliphatic carbocycles. The lowest BCUT2D eigenvalue weighted by Crippen LogP contribution is -2.19. The number of thioether (sulfide) groups is 1. The van der Waals surface area contributed by atoms with Crippen LogP contribution in [-0.2, 0) is 17.6 Å². The molecule has 7 nitrogen and oxygen atoms in total. The second-order valence-electron chi connectivity index (χ2n) is 6.83. The third-order valence-electron chi connectivity index (χ3n) is 4.54. The highest BCUT2D eigenvalue weighted by Crippen LogP contribution is 2.24. The zero-order valence-corrected chi connectivity index (χ0v) is 19.9. The molecule has 10 heteroatoms. The van der Waals surface area contributed by atoms with Crippen molar-refractivity contribution in [3.8, 4) is 5.75 Å². The number of nitrogens with zero attached hydrogens (tertiary/aromatic N) is 3. The summed E-state index contributed by atoms with van der Waals surface area (Å²) < 4.78 is 10.8.